The number of nitro benzene ring substituents is 1. The summed E-state index contributed by atoms with van der Waals surface area (Å²) in [6.07, 6.45) is 1.81. The zero-order chi connectivity index (χ0) is 21.5. The smallest absolute Gasteiger partial charge is 0.269 e. The number of rotatable bonds is 7. The molecule has 0 bridgehead atoms. The standard InChI is InChI=1S/C23H17IN2O4/c1-29-22-13-17(11-19(14-25)18-5-3-2-4-6-18)12-21(24)23(22)30-15-16-7-9-20(10-8-16)26(27)28/h2-13H,15H2,1H3. The van der Waals surface area contributed by atoms with Gasteiger partial charge in [0, 0.05) is 12.1 Å². The molecule has 0 aromatic heterocycles. The van der Waals surface area contributed by atoms with E-state index in [0.29, 0.717) is 17.1 Å². The lowest BCUT2D eigenvalue weighted by Gasteiger charge is -2.14. The fraction of sp³-hybridized carbons (Fsp3) is 0.0870. The Morgan fingerprint density at radius 2 is 1.87 bits per heavy atom. The minimum absolute atomic E-state index is 0.0359. The Morgan fingerprint density at radius 3 is 2.47 bits per heavy atom. The molecule has 0 aliphatic rings. The molecule has 0 saturated carbocycles. The molecule has 0 fully saturated rings. The normalized spacial score (nSPS) is 10.9. The van der Waals surface area contributed by atoms with Gasteiger partial charge >= 0.3 is 0 Å². The summed E-state index contributed by atoms with van der Waals surface area (Å²) in [7, 11) is 1.56. The molecule has 30 heavy (non-hydrogen) atoms. The fourth-order valence-corrected chi connectivity index (χ4v) is 3.58. The van der Waals surface area contributed by atoms with E-state index in [1.165, 1.54) is 12.1 Å². The van der Waals surface area contributed by atoms with E-state index in [4.69, 9.17) is 9.47 Å². The highest BCUT2D eigenvalue weighted by molar-refractivity contribution is 14.1. The fourth-order valence-electron chi connectivity index (χ4n) is 2.80. The molecule has 0 radical (unpaired) electrons. The summed E-state index contributed by atoms with van der Waals surface area (Å²) in [5, 5.41) is 20.3. The second-order valence-corrected chi connectivity index (χ2v) is 7.44. The monoisotopic (exact) mass is 512 g/mol. The second-order valence-electron chi connectivity index (χ2n) is 6.28. The Balaban J connectivity index is 1.84. The Hall–Kier alpha value is -3.38. The average molecular weight is 512 g/mol. The molecule has 7 heteroatoms. The van der Waals surface area contributed by atoms with E-state index in [1.807, 2.05) is 42.5 Å². The van der Waals surface area contributed by atoms with Crippen LogP contribution in [0.25, 0.3) is 11.6 Å². The minimum Gasteiger partial charge on any atom is -0.493 e. The number of halogens is 1. The zero-order valence-electron chi connectivity index (χ0n) is 16.0. The first-order valence-corrected chi connectivity index (χ1v) is 10.0. The van der Waals surface area contributed by atoms with E-state index in [-0.39, 0.29) is 12.3 Å². The second kappa shape index (κ2) is 9.89. The summed E-state index contributed by atoms with van der Waals surface area (Å²) in [6, 6.07) is 21.6. The van der Waals surface area contributed by atoms with Gasteiger partial charge in [-0.2, -0.15) is 5.26 Å². The van der Waals surface area contributed by atoms with E-state index in [9.17, 15) is 15.4 Å². The van der Waals surface area contributed by atoms with Crippen LogP contribution < -0.4 is 9.47 Å². The topological polar surface area (TPSA) is 85.4 Å². The summed E-state index contributed by atoms with van der Waals surface area (Å²) in [5.74, 6) is 1.12. The maximum absolute atomic E-state index is 10.8. The van der Waals surface area contributed by atoms with Crippen LogP contribution in [0.4, 0.5) is 5.69 Å². The van der Waals surface area contributed by atoms with Crippen molar-refractivity contribution in [1.29, 1.82) is 5.26 Å². The van der Waals surface area contributed by atoms with Gasteiger partial charge in [-0.25, -0.2) is 0 Å². The number of methoxy groups -OCH3 is 1. The third-order valence-electron chi connectivity index (χ3n) is 4.30. The lowest BCUT2D eigenvalue weighted by molar-refractivity contribution is -0.384. The molecule has 0 saturated heterocycles. The molecule has 0 spiro atoms. The molecule has 150 valence electrons. The van der Waals surface area contributed by atoms with Crippen molar-refractivity contribution in [2.45, 2.75) is 6.61 Å². The lowest BCUT2D eigenvalue weighted by atomic mass is 10.0. The number of nitrogens with zero attached hydrogens (tertiary/aromatic N) is 2. The highest BCUT2D eigenvalue weighted by Gasteiger charge is 2.13. The van der Waals surface area contributed by atoms with Gasteiger partial charge in [0.05, 0.1) is 27.2 Å². The minimum atomic E-state index is -0.437. The third kappa shape index (κ3) is 5.15. The summed E-state index contributed by atoms with van der Waals surface area (Å²) in [5.41, 5.74) is 3.05. The van der Waals surface area contributed by atoms with E-state index in [2.05, 4.69) is 28.7 Å². The molecule has 3 aromatic rings. The molecular formula is C23H17IN2O4. The first-order chi connectivity index (χ1) is 14.5. The van der Waals surface area contributed by atoms with Crippen LogP contribution >= 0.6 is 22.6 Å². The number of benzene rings is 3. The largest absolute Gasteiger partial charge is 0.493 e. The molecular weight excluding hydrogens is 495 g/mol. The molecule has 3 aromatic carbocycles. The molecule has 0 amide bonds. The summed E-state index contributed by atoms with van der Waals surface area (Å²) in [4.78, 5) is 10.3. The molecule has 0 heterocycles. The van der Waals surface area contributed by atoms with Gasteiger partial charge in [0.2, 0.25) is 0 Å². The Labute approximate surface area is 187 Å². The highest BCUT2D eigenvalue weighted by Crippen LogP contribution is 2.35. The number of non-ortho nitro benzene ring substituents is 1. The SMILES string of the molecule is COc1cc(C=C(C#N)c2ccccc2)cc(I)c1OCc1ccc([N+](=O)[O-])cc1. The Bertz CT molecular complexity index is 1120. The van der Waals surface area contributed by atoms with Crippen molar-refractivity contribution in [3.05, 3.63) is 97.1 Å². The molecule has 3 rings (SSSR count). The summed E-state index contributed by atoms with van der Waals surface area (Å²) in [6.45, 7) is 0.243. The zero-order valence-corrected chi connectivity index (χ0v) is 18.2. The maximum Gasteiger partial charge on any atom is 0.269 e. The number of ether oxygens (including phenoxy) is 2. The average Bonchev–Trinajstić information content (AvgIpc) is 2.77. The van der Waals surface area contributed by atoms with Crippen molar-refractivity contribution in [1.82, 2.24) is 0 Å². The van der Waals surface area contributed by atoms with Crippen LogP contribution in [0.15, 0.2) is 66.7 Å². The van der Waals surface area contributed by atoms with Crippen molar-refractivity contribution < 1.29 is 14.4 Å². The number of hydrogen-bond acceptors (Lipinski definition) is 5. The molecule has 0 N–H and O–H groups in total. The van der Waals surface area contributed by atoms with E-state index >= 15 is 0 Å². The third-order valence-corrected chi connectivity index (χ3v) is 5.10. The van der Waals surface area contributed by atoms with Gasteiger partial charge in [0.15, 0.2) is 11.5 Å². The van der Waals surface area contributed by atoms with Crippen molar-refractivity contribution in [2.24, 2.45) is 0 Å². The predicted octanol–water partition coefficient (Wildman–Crippen LogP) is 5.85. The van der Waals surface area contributed by atoms with Gasteiger partial charge in [-0.05, 0) is 69.6 Å². The van der Waals surface area contributed by atoms with E-state index < -0.39 is 4.92 Å². The van der Waals surface area contributed by atoms with Gasteiger partial charge in [0.1, 0.15) is 6.61 Å². The number of nitriles is 1. The van der Waals surface area contributed by atoms with Crippen LogP contribution in [0.5, 0.6) is 11.5 Å². The van der Waals surface area contributed by atoms with E-state index in [1.54, 1.807) is 25.3 Å². The van der Waals surface area contributed by atoms with Gasteiger partial charge in [-0.3, -0.25) is 10.1 Å². The molecule has 6 nitrogen and oxygen atoms in total. The number of allylic oxidation sites excluding steroid dienone is 1. The van der Waals surface area contributed by atoms with Crippen LogP contribution in [0.3, 0.4) is 0 Å². The van der Waals surface area contributed by atoms with Gasteiger partial charge in [-0.15, -0.1) is 0 Å². The number of hydrogen-bond donors (Lipinski definition) is 0. The Kier molecular flexibility index (Phi) is 7.03. The number of nitro groups is 1. The van der Waals surface area contributed by atoms with Crippen LogP contribution in [-0.2, 0) is 6.61 Å². The van der Waals surface area contributed by atoms with Crippen molar-refractivity contribution in [3.8, 4) is 17.6 Å². The molecule has 0 atom stereocenters. The van der Waals surface area contributed by atoms with E-state index in [0.717, 1.165) is 20.3 Å². The molecule has 0 unspecified atom stereocenters. The van der Waals surface area contributed by atoms with Crippen LogP contribution in [0, 0.1) is 25.0 Å². The lowest BCUT2D eigenvalue weighted by Crippen LogP contribution is -2.00. The van der Waals surface area contributed by atoms with Gasteiger partial charge in [0.25, 0.3) is 5.69 Å². The molecule has 0 aliphatic heterocycles. The Morgan fingerprint density at radius 1 is 1.17 bits per heavy atom. The van der Waals surface area contributed by atoms with Crippen molar-refractivity contribution in [2.75, 3.05) is 7.11 Å². The first-order valence-electron chi connectivity index (χ1n) is 8.92. The molecule has 0 aliphatic carbocycles. The summed E-state index contributed by atoms with van der Waals surface area (Å²) < 4.78 is 12.2. The van der Waals surface area contributed by atoms with Crippen LogP contribution in [0.1, 0.15) is 16.7 Å². The first kappa shape index (κ1) is 21.3. The quantitative estimate of drug-likeness (QED) is 0.130. The predicted molar refractivity (Wildman–Crippen MR) is 123 cm³/mol. The summed E-state index contributed by atoms with van der Waals surface area (Å²) >= 11 is 2.16. The maximum atomic E-state index is 10.8. The highest BCUT2D eigenvalue weighted by atomic mass is 127. The van der Waals surface area contributed by atoms with Crippen LogP contribution in [-0.4, -0.2) is 12.0 Å². The van der Waals surface area contributed by atoms with Crippen molar-refractivity contribution in [3.63, 3.8) is 0 Å². The van der Waals surface area contributed by atoms with Gasteiger partial charge < -0.3 is 9.47 Å². The van der Waals surface area contributed by atoms with Crippen LogP contribution in [0.2, 0.25) is 0 Å². The van der Waals surface area contributed by atoms with Gasteiger partial charge in [-0.1, -0.05) is 30.3 Å². The van der Waals surface area contributed by atoms with Crippen molar-refractivity contribution >= 4 is 39.9 Å².